The summed E-state index contributed by atoms with van der Waals surface area (Å²) in [7, 11) is 0. The quantitative estimate of drug-likeness (QED) is 0.465. The molecule has 0 aromatic carbocycles. The van der Waals surface area contributed by atoms with Gasteiger partial charge in [0.1, 0.15) is 0 Å². The van der Waals surface area contributed by atoms with E-state index in [0.717, 1.165) is 13.1 Å². The predicted octanol–water partition coefficient (Wildman–Crippen LogP) is 4.30. The van der Waals surface area contributed by atoms with Crippen molar-refractivity contribution in [2.45, 2.75) is 77.6 Å². The molecule has 112 valence electrons. The molecule has 0 aliphatic heterocycles. The van der Waals surface area contributed by atoms with Gasteiger partial charge in [0.05, 0.1) is 6.61 Å². The first kappa shape index (κ1) is 20.5. The van der Waals surface area contributed by atoms with Crippen LogP contribution in [0.25, 0.3) is 0 Å². The average molecular weight is 280 g/mol. The molecular weight excluding hydrogens is 246 g/mol. The van der Waals surface area contributed by atoms with Crippen LogP contribution in [0.5, 0.6) is 0 Å². The van der Waals surface area contributed by atoms with Crippen LogP contribution in [0.2, 0.25) is 0 Å². The van der Waals surface area contributed by atoms with Crippen LogP contribution in [0.1, 0.15) is 77.6 Å². The molecule has 0 unspecified atom stereocenters. The van der Waals surface area contributed by atoms with Crippen LogP contribution < -0.4 is 5.32 Å². The third kappa shape index (κ3) is 18.6. The molecule has 18 heavy (non-hydrogen) atoms. The molecule has 2 nitrogen and oxygen atoms in total. The van der Waals surface area contributed by atoms with Crippen LogP contribution in [0, 0.1) is 0 Å². The summed E-state index contributed by atoms with van der Waals surface area (Å²) in [6.07, 6.45) is 15.4. The number of nitrogens with one attached hydrogen (secondary N) is 1. The van der Waals surface area contributed by atoms with Gasteiger partial charge in [-0.2, -0.15) is 0 Å². The monoisotopic (exact) mass is 279 g/mol. The Morgan fingerprint density at radius 3 is 1.56 bits per heavy atom. The fourth-order valence-electron chi connectivity index (χ4n) is 2.12. The normalized spacial score (nSPS) is 10.3. The Morgan fingerprint density at radius 1 is 0.667 bits per heavy atom. The summed E-state index contributed by atoms with van der Waals surface area (Å²) in [5.41, 5.74) is 0. The molecule has 0 saturated heterocycles. The first-order valence-electron chi connectivity index (χ1n) is 7.73. The van der Waals surface area contributed by atoms with Gasteiger partial charge in [-0.05, 0) is 13.0 Å². The van der Waals surface area contributed by atoms with Gasteiger partial charge >= 0.3 is 0 Å². The fraction of sp³-hybridized carbons (Fsp3) is 1.00. The van der Waals surface area contributed by atoms with Gasteiger partial charge < -0.3 is 10.4 Å². The lowest BCUT2D eigenvalue weighted by Gasteiger charge is -2.03. The van der Waals surface area contributed by atoms with Crippen LogP contribution >= 0.6 is 12.4 Å². The standard InChI is InChI=1S/C15H33NO.ClH/c1-2-3-4-5-6-7-8-9-10-11-12-13-16-14-15-17;/h16-17H,2-15H2,1H3;1H. The van der Waals surface area contributed by atoms with E-state index in [9.17, 15) is 0 Å². The SMILES string of the molecule is CCCCCCCCCCCCCNCCO.Cl. The maximum absolute atomic E-state index is 8.58. The average Bonchev–Trinajstić information content (AvgIpc) is 2.35. The smallest absolute Gasteiger partial charge is 0.0555 e. The minimum Gasteiger partial charge on any atom is -0.395 e. The Bertz CT molecular complexity index is 120. The van der Waals surface area contributed by atoms with Gasteiger partial charge in [-0.1, -0.05) is 71.1 Å². The fourth-order valence-corrected chi connectivity index (χ4v) is 2.12. The number of rotatable bonds is 14. The summed E-state index contributed by atoms with van der Waals surface area (Å²) in [6, 6.07) is 0. The van der Waals surface area contributed by atoms with Gasteiger partial charge in [-0.3, -0.25) is 0 Å². The lowest BCUT2D eigenvalue weighted by Crippen LogP contribution is -2.19. The van der Waals surface area contributed by atoms with Crippen LogP contribution in [0.15, 0.2) is 0 Å². The zero-order valence-electron chi connectivity index (χ0n) is 12.3. The largest absolute Gasteiger partial charge is 0.395 e. The molecule has 3 heteroatoms. The van der Waals surface area contributed by atoms with Crippen molar-refractivity contribution in [2.75, 3.05) is 19.7 Å². The van der Waals surface area contributed by atoms with E-state index < -0.39 is 0 Å². The van der Waals surface area contributed by atoms with Crippen molar-refractivity contribution in [3.63, 3.8) is 0 Å². The van der Waals surface area contributed by atoms with E-state index >= 15 is 0 Å². The number of aliphatic hydroxyl groups is 1. The molecule has 0 aliphatic rings. The van der Waals surface area contributed by atoms with Crippen LogP contribution in [0.3, 0.4) is 0 Å². The Hall–Kier alpha value is 0.210. The molecule has 2 N–H and O–H groups in total. The molecule has 0 atom stereocenters. The Kier molecular flexibility index (Phi) is 22.3. The highest BCUT2D eigenvalue weighted by Gasteiger charge is 1.92. The van der Waals surface area contributed by atoms with Crippen molar-refractivity contribution in [3.05, 3.63) is 0 Å². The highest BCUT2D eigenvalue weighted by atomic mass is 35.5. The summed E-state index contributed by atoms with van der Waals surface area (Å²) in [6.45, 7) is 4.35. The van der Waals surface area contributed by atoms with E-state index in [-0.39, 0.29) is 19.0 Å². The second-order valence-corrected chi connectivity index (χ2v) is 5.01. The van der Waals surface area contributed by atoms with E-state index in [4.69, 9.17) is 5.11 Å². The summed E-state index contributed by atoms with van der Waals surface area (Å²) in [5, 5.41) is 11.8. The summed E-state index contributed by atoms with van der Waals surface area (Å²) in [4.78, 5) is 0. The topological polar surface area (TPSA) is 32.3 Å². The summed E-state index contributed by atoms with van der Waals surface area (Å²) >= 11 is 0. The third-order valence-corrected chi connectivity index (χ3v) is 3.25. The zero-order chi connectivity index (χ0) is 12.6. The third-order valence-electron chi connectivity index (χ3n) is 3.25. The van der Waals surface area contributed by atoms with Crippen LogP contribution in [0.4, 0.5) is 0 Å². The second kappa shape index (κ2) is 19.5. The Labute approximate surface area is 120 Å². The molecule has 0 heterocycles. The lowest BCUT2D eigenvalue weighted by atomic mass is 10.1. The second-order valence-electron chi connectivity index (χ2n) is 5.01. The first-order chi connectivity index (χ1) is 8.41. The molecule has 0 saturated carbocycles. The van der Waals surface area contributed by atoms with E-state index in [1.54, 1.807) is 0 Å². The lowest BCUT2D eigenvalue weighted by molar-refractivity contribution is 0.292. The number of hydrogen-bond donors (Lipinski definition) is 2. The molecule has 0 rings (SSSR count). The van der Waals surface area contributed by atoms with Crippen LogP contribution in [-0.2, 0) is 0 Å². The van der Waals surface area contributed by atoms with Crippen molar-refractivity contribution >= 4 is 12.4 Å². The number of halogens is 1. The molecule has 0 amide bonds. The van der Waals surface area contributed by atoms with E-state index in [2.05, 4.69) is 12.2 Å². The highest BCUT2D eigenvalue weighted by molar-refractivity contribution is 5.85. The number of hydrogen-bond acceptors (Lipinski definition) is 2. The molecule has 0 aromatic rings. The Balaban J connectivity index is 0. The van der Waals surface area contributed by atoms with Gasteiger partial charge in [0, 0.05) is 6.54 Å². The van der Waals surface area contributed by atoms with E-state index in [1.165, 1.54) is 70.6 Å². The maximum Gasteiger partial charge on any atom is 0.0555 e. The van der Waals surface area contributed by atoms with Crippen molar-refractivity contribution in [1.29, 1.82) is 0 Å². The first-order valence-corrected chi connectivity index (χ1v) is 7.73. The maximum atomic E-state index is 8.58. The molecule has 0 fully saturated rings. The van der Waals surface area contributed by atoms with Crippen molar-refractivity contribution < 1.29 is 5.11 Å². The van der Waals surface area contributed by atoms with Gasteiger partial charge in [-0.25, -0.2) is 0 Å². The molecule has 0 radical (unpaired) electrons. The summed E-state index contributed by atoms with van der Waals surface area (Å²) < 4.78 is 0. The molecule has 0 aromatic heterocycles. The van der Waals surface area contributed by atoms with Gasteiger partial charge in [-0.15, -0.1) is 12.4 Å². The van der Waals surface area contributed by atoms with Crippen molar-refractivity contribution in [3.8, 4) is 0 Å². The van der Waals surface area contributed by atoms with E-state index in [0.29, 0.717) is 0 Å². The molecular formula is C15H34ClNO. The highest BCUT2D eigenvalue weighted by Crippen LogP contribution is 2.10. The molecule has 0 aliphatic carbocycles. The van der Waals surface area contributed by atoms with E-state index in [1.807, 2.05) is 0 Å². The van der Waals surface area contributed by atoms with Gasteiger partial charge in [0.25, 0.3) is 0 Å². The van der Waals surface area contributed by atoms with Gasteiger partial charge in [0.2, 0.25) is 0 Å². The Morgan fingerprint density at radius 2 is 1.11 bits per heavy atom. The van der Waals surface area contributed by atoms with Gasteiger partial charge in [0.15, 0.2) is 0 Å². The molecule has 0 bridgehead atoms. The van der Waals surface area contributed by atoms with Crippen molar-refractivity contribution in [1.82, 2.24) is 5.32 Å². The minimum absolute atomic E-state index is 0. The summed E-state index contributed by atoms with van der Waals surface area (Å²) in [5.74, 6) is 0. The number of unbranched alkanes of at least 4 members (excludes halogenated alkanes) is 10. The van der Waals surface area contributed by atoms with Crippen molar-refractivity contribution in [2.24, 2.45) is 0 Å². The predicted molar refractivity (Wildman–Crippen MR) is 83.7 cm³/mol. The van der Waals surface area contributed by atoms with Crippen LogP contribution in [-0.4, -0.2) is 24.8 Å². The molecule has 0 spiro atoms. The number of aliphatic hydroxyl groups excluding tert-OH is 1. The minimum atomic E-state index is 0. The zero-order valence-corrected chi connectivity index (χ0v) is 13.1.